The van der Waals surface area contributed by atoms with Crippen molar-refractivity contribution in [2.75, 3.05) is 11.9 Å². The summed E-state index contributed by atoms with van der Waals surface area (Å²) >= 11 is 0. The molecule has 1 saturated heterocycles. The van der Waals surface area contributed by atoms with E-state index < -0.39 is 30.2 Å². The first-order valence-corrected chi connectivity index (χ1v) is 14.5. The molecule has 42 heavy (non-hydrogen) atoms. The summed E-state index contributed by atoms with van der Waals surface area (Å²) in [7, 11) is 0. The number of halogens is 2. The summed E-state index contributed by atoms with van der Waals surface area (Å²) in [5.41, 5.74) is 5.78. The second-order valence-corrected chi connectivity index (χ2v) is 12.0. The second kappa shape index (κ2) is 12.2. The van der Waals surface area contributed by atoms with Crippen LogP contribution in [0.4, 0.5) is 14.5 Å². The fourth-order valence-electron chi connectivity index (χ4n) is 6.32. The molecule has 0 spiro atoms. The van der Waals surface area contributed by atoms with Gasteiger partial charge in [-0.3, -0.25) is 9.59 Å². The molecule has 0 radical (unpaired) electrons. The topological polar surface area (TPSA) is 136 Å². The Hall–Kier alpha value is -3.80. The third-order valence-corrected chi connectivity index (χ3v) is 8.41. The Kier molecular flexibility index (Phi) is 8.63. The minimum absolute atomic E-state index is 0.0739. The van der Waals surface area contributed by atoms with E-state index in [1.165, 1.54) is 18.7 Å². The van der Waals surface area contributed by atoms with Crippen molar-refractivity contribution >= 4 is 28.3 Å². The van der Waals surface area contributed by atoms with Crippen LogP contribution in [0.3, 0.4) is 0 Å². The number of hydrogen-bond acceptors (Lipinski definition) is 7. The number of amides is 2. The van der Waals surface area contributed by atoms with Gasteiger partial charge in [0.1, 0.15) is 23.4 Å². The first kappa shape index (κ1) is 29.7. The molecule has 12 heteroatoms. The number of nitrogens with one attached hydrogen (secondary N) is 1. The van der Waals surface area contributed by atoms with Gasteiger partial charge in [-0.05, 0) is 61.2 Å². The highest BCUT2D eigenvalue weighted by atomic mass is 19.3. The molecule has 2 aliphatic rings. The lowest BCUT2D eigenvalue weighted by Crippen LogP contribution is -2.50. The number of alkyl halides is 2. The Morgan fingerprint density at radius 1 is 1.14 bits per heavy atom. The van der Waals surface area contributed by atoms with Crippen molar-refractivity contribution in [3.63, 3.8) is 0 Å². The van der Waals surface area contributed by atoms with Crippen LogP contribution in [0, 0.1) is 5.92 Å². The van der Waals surface area contributed by atoms with Crippen LogP contribution >= 0.6 is 0 Å². The Labute approximate surface area is 243 Å². The maximum absolute atomic E-state index is 14.2. The predicted octanol–water partition coefficient (Wildman–Crippen LogP) is 4.34. The van der Waals surface area contributed by atoms with Crippen molar-refractivity contribution in [3.05, 3.63) is 48.3 Å². The van der Waals surface area contributed by atoms with Gasteiger partial charge in [0.15, 0.2) is 0 Å². The molecule has 4 N–H and O–H groups in total. The number of aromatic nitrogens is 3. The first-order valence-electron chi connectivity index (χ1n) is 14.5. The van der Waals surface area contributed by atoms with Crippen LogP contribution in [0.2, 0.25) is 0 Å². The van der Waals surface area contributed by atoms with Crippen LogP contribution in [0.5, 0.6) is 5.75 Å². The number of carbonyl (C=O) groups excluding carboxylic acids is 2. The van der Waals surface area contributed by atoms with E-state index in [0.29, 0.717) is 23.7 Å². The SMILES string of the molecule is CC(C)(O)c1cnnn1C1CC(C(N)=O)N(C(=O)[C@@H](CC2CCCCC2)Nc2ccc3cc(OC(F)F)ccc3c2)C1. The largest absolute Gasteiger partial charge is 0.435 e. The molecule has 2 unspecified atom stereocenters. The van der Waals surface area contributed by atoms with Crippen LogP contribution in [-0.4, -0.2) is 62.1 Å². The molecule has 3 aromatic rings. The zero-order chi connectivity index (χ0) is 30.0. The molecule has 2 amide bonds. The van der Waals surface area contributed by atoms with Crippen LogP contribution in [0.25, 0.3) is 10.8 Å². The number of ether oxygens (including phenoxy) is 1. The molecular weight excluding hydrogens is 546 g/mol. The molecular formula is C30H38F2N6O4. The van der Waals surface area contributed by atoms with Gasteiger partial charge < -0.3 is 25.8 Å². The van der Waals surface area contributed by atoms with Crippen LogP contribution in [-0.2, 0) is 15.2 Å². The quantitative estimate of drug-likeness (QED) is 0.323. The molecule has 1 aromatic heterocycles. The zero-order valence-corrected chi connectivity index (χ0v) is 23.9. The smallest absolute Gasteiger partial charge is 0.387 e. The highest BCUT2D eigenvalue weighted by Gasteiger charge is 2.43. The van der Waals surface area contributed by atoms with Gasteiger partial charge in [-0.15, -0.1) is 5.10 Å². The molecule has 3 atom stereocenters. The van der Waals surface area contributed by atoms with Crippen molar-refractivity contribution in [3.8, 4) is 5.75 Å². The van der Waals surface area contributed by atoms with E-state index in [1.807, 2.05) is 6.07 Å². The molecule has 1 aliphatic carbocycles. The summed E-state index contributed by atoms with van der Waals surface area (Å²) in [4.78, 5) is 28.3. The lowest BCUT2D eigenvalue weighted by Gasteiger charge is -2.32. The van der Waals surface area contributed by atoms with Gasteiger partial charge in [0.25, 0.3) is 0 Å². The second-order valence-electron chi connectivity index (χ2n) is 12.0. The molecule has 2 fully saturated rings. The Morgan fingerprint density at radius 3 is 2.55 bits per heavy atom. The number of rotatable bonds is 10. The van der Waals surface area contributed by atoms with Crippen molar-refractivity contribution in [1.82, 2.24) is 19.9 Å². The zero-order valence-electron chi connectivity index (χ0n) is 23.9. The summed E-state index contributed by atoms with van der Waals surface area (Å²) in [6.45, 7) is 0.556. The van der Waals surface area contributed by atoms with E-state index >= 15 is 0 Å². The van der Waals surface area contributed by atoms with E-state index in [-0.39, 0.29) is 30.7 Å². The van der Waals surface area contributed by atoms with Crippen LogP contribution in [0.15, 0.2) is 42.6 Å². The maximum atomic E-state index is 14.2. The summed E-state index contributed by atoms with van der Waals surface area (Å²) in [6.07, 6.45) is 7.84. The highest BCUT2D eigenvalue weighted by molar-refractivity contribution is 5.92. The van der Waals surface area contributed by atoms with Gasteiger partial charge >= 0.3 is 6.61 Å². The summed E-state index contributed by atoms with van der Waals surface area (Å²) in [6, 6.07) is 8.36. The average Bonchev–Trinajstić information content (AvgIpc) is 3.61. The first-order chi connectivity index (χ1) is 20.0. The molecule has 5 rings (SSSR count). The molecule has 2 aromatic carbocycles. The van der Waals surface area contributed by atoms with E-state index in [1.54, 1.807) is 47.7 Å². The van der Waals surface area contributed by atoms with Gasteiger partial charge in [-0.1, -0.05) is 49.5 Å². The fourth-order valence-corrected chi connectivity index (χ4v) is 6.32. The number of nitrogens with two attached hydrogens (primary N) is 1. The third kappa shape index (κ3) is 6.64. The van der Waals surface area contributed by atoms with E-state index in [9.17, 15) is 23.5 Å². The fraction of sp³-hybridized carbons (Fsp3) is 0.533. The van der Waals surface area contributed by atoms with Crippen molar-refractivity contribution in [1.29, 1.82) is 0 Å². The number of fused-ring (bicyclic) bond motifs is 1. The average molecular weight is 585 g/mol. The number of benzene rings is 2. The Bertz CT molecular complexity index is 1420. The number of anilines is 1. The van der Waals surface area contributed by atoms with Gasteiger partial charge in [-0.2, -0.15) is 8.78 Å². The molecule has 2 heterocycles. The van der Waals surface area contributed by atoms with Crippen molar-refractivity contribution < 1.29 is 28.2 Å². The summed E-state index contributed by atoms with van der Waals surface area (Å²) in [5.74, 6) is -0.390. The molecule has 10 nitrogen and oxygen atoms in total. The molecule has 0 bridgehead atoms. The number of carbonyl (C=O) groups is 2. The highest BCUT2D eigenvalue weighted by Crippen LogP contribution is 2.34. The van der Waals surface area contributed by atoms with Gasteiger partial charge in [0.2, 0.25) is 11.8 Å². The molecule has 226 valence electrons. The lowest BCUT2D eigenvalue weighted by molar-refractivity contribution is -0.138. The Morgan fingerprint density at radius 2 is 1.86 bits per heavy atom. The maximum Gasteiger partial charge on any atom is 0.387 e. The van der Waals surface area contributed by atoms with E-state index in [0.717, 1.165) is 36.5 Å². The van der Waals surface area contributed by atoms with E-state index in [4.69, 9.17) is 5.73 Å². The van der Waals surface area contributed by atoms with E-state index in [2.05, 4.69) is 20.4 Å². The minimum atomic E-state index is -2.91. The van der Waals surface area contributed by atoms with Gasteiger partial charge in [-0.25, -0.2) is 4.68 Å². The summed E-state index contributed by atoms with van der Waals surface area (Å²) < 4.78 is 31.4. The number of aliphatic hydroxyl groups is 1. The standard InChI is InChI=1S/C30H38F2N6O4/c1-30(2,41)26-16-34-36-38(26)22-15-25(27(33)39)37(17-22)28(40)24(12-18-6-4-3-5-7-18)35-21-10-8-20-14-23(42-29(31)32)11-9-19(20)13-21/h8-11,13-14,16,18,22,24-25,29,35,41H,3-7,12,15,17H2,1-2H3,(H2,33,39)/t22?,24-,25?/m1/s1. The van der Waals surface area contributed by atoms with Crippen LogP contribution < -0.4 is 15.8 Å². The number of nitrogens with zero attached hydrogens (tertiary/aromatic N) is 4. The molecule has 1 aliphatic heterocycles. The number of primary amides is 1. The minimum Gasteiger partial charge on any atom is -0.435 e. The van der Waals surface area contributed by atoms with Gasteiger partial charge in [0, 0.05) is 18.7 Å². The van der Waals surface area contributed by atoms with Crippen molar-refractivity contribution in [2.45, 2.75) is 89.1 Å². The normalized spacial score (nSPS) is 20.7. The predicted molar refractivity (Wildman–Crippen MR) is 153 cm³/mol. The third-order valence-electron chi connectivity index (χ3n) is 8.41. The van der Waals surface area contributed by atoms with Crippen LogP contribution in [0.1, 0.15) is 70.5 Å². The summed E-state index contributed by atoms with van der Waals surface area (Å²) in [5, 5.41) is 23.7. The lowest BCUT2D eigenvalue weighted by atomic mass is 9.84. The monoisotopic (exact) mass is 584 g/mol. The van der Waals surface area contributed by atoms with Crippen molar-refractivity contribution in [2.24, 2.45) is 11.7 Å². The molecule has 1 saturated carbocycles. The number of likely N-dealkylation sites (tertiary alicyclic amines) is 1. The van der Waals surface area contributed by atoms with Gasteiger partial charge in [0.05, 0.1) is 17.9 Å². The number of hydrogen-bond donors (Lipinski definition) is 3. The Balaban J connectivity index is 1.41.